The Balaban J connectivity index is 1.83. The second-order valence-corrected chi connectivity index (χ2v) is 6.24. The smallest absolute Gasteiger partial charge is 0.123 e. The molecule has 2 aliphatic rings. The summed E-state index contributed by atoms with van der Waals surface area (Å²) >= 11 is 0. The number of fused-ring (bicyclic) bond motifs is 2. The van der Waals surface area contributed by atoms with Crippen LogP contribution in [-0.4, -0.2) is 31.8 Å². The highest BCUT2D eigenvalue weighted by Crippen LogP contribution is 2.33. The standard InChI is InChI=1S/C17H25FN2O/c1-3-8-19-12(2)16-9-13(18)4-7-17(16)20-10-14-5-6-15(11-20)21-14/h4,7,9,12,14-15,19H,3,5-6,8,10-11H2,1-2H3. The number of anilines is 1. The van der Waals surface area contributed by atoms with Gasteiger partial charge in [0.05, 0.1) is 12.2 Å². The van der Waals surface area contributed by atoms with Crippen molar-refractivity contribution in [3.8, 4) is 0 Å². The summed E-state index contributed by atoms with van der Waals surface area (Å²) < 4.78 is 19.6. The normalized spacial score (nSPS) is 26.1. The van der Waals surface area contributed by atoms with Crippen molar-refractivity contribution in [2.75, 3.05) is 24.5 Å². The van der Waals surface area contributed by atoms with E-state index in [2.05, 4.69) is 24.1 Å². The van der Waals surface area contributed by atoms with Gasteiger partial charge in [-0.1, -0.05) is 6.92 Å². The Kier molecular flexibility index (Phi) is 4.45. The number of nitrogens with one attached hydrogen (secondary N) is 1. The second-order valence-electron chi connectivity index (χ2n) is 6.24. The van der Waals surface area contributed by atoms with Gasteiger partial charge < -0.3 is 15.0 Å². The molecule has 1 aromatic carbocycles. The number of hydrogen-bond donors (Lipinski definition) is 1. The Morgan fingerprint density at radius 1 is 1.33 bits per heavy atom. The van der Waals surface area contributed by atoms with Gasteiger partial charge >= 0.3 is 0 Å². The number of benzene rings is 1. The molecule has 116 valence electrons. The zero-order chi connectivity index (χ0) is 14.8. The number of hydrogen-bond acceptors (Lipinski definition) is 3. The molecule has 2 heterocycles. The third-order valence-corrected chi connectivity index (χ3v) is 4.54. The Morgan fingerprint density at radius 3 is 2.71 bits per heavy atom. The van der Waals surface area contributed by atoms with E-state index in [4.69, 9.17) is 4.74 Å². The Labute approximate surface area is 126 Å². The Morgan fingerprint density at radius 2 is 2.05 bits per heavy atom. The van der Waals surface area contributed by atoms with Crippen LogP contribution in [0.5, 0.6) is 0 Å². The van der Waals surface area contributed by atoms with Crippen molar-refractivity contribution in [2.45, 2.75) is 51.4 Å². The van der Waals surface area contributed by atoms with Crippen LogP contribution in [0.3, 0.4) is 0 Å². The summed E-state index contributed by atoms with van der Waals surface area (Å²) in [6.45, 7) is 7.06. The maximum atomic E-state index is 13.7. The van der Waals surface area contributed by atoms with E-state index in [-0.39, 0.29) is 11.9 Å². The van der Waals surface area contributed by atoms with E-state index in [0.717, 1.165) is 50.1 Å². The minimum Gasteiger partial charge on any atom is -0.371 e. The van der Waals surface area contributed by atoms with E-state index >= 15 is 0 Å². The van der Waals surface area contributed by atoms with Crippen LogP contribution in [0, 0.1) is 5.82 Å². The maximum Gasteiger partial charge on any atom is 0.123 e. The van der Waals surface area contributed by atoms with Crippen molar-refractivity contribution in [1.29, 1.82) is 0 Å². The van der Waals surface area contributed by atoms with E-state index < -0.39 is 0 Å². The number of rotatable bonds is 5. The number of halogens is 1. The molecule has 3 rings (SSSR count). The molecule has 1 N–H and O–H groups in total. The third kappa shape index (κ3) is 3.22. The fourth-order valence-electron chi connectivity index (χ4n) is 3.44. The first kappa shape index (κ1) is 14.8. The fourth-order valence-corrected chi connectivity index (χ4v) is 3.44. The van der Waals surface area contributed by atoms with Crippen LogP contribution in [0.1, 0.15) is 44.7 Å². The van der Waals surface area contributed by atoms with Gasteiger partial charge in [0.25, 0.3) is 0 Å². The van der Waals surface area contributed by atoms with E-state index in [9.17, 15) is 4.39 Å². The molecule has 0 saturated carbocycles. The van der Waals surface area contributed by atoms with Gasteiger partial charge in [-0.05, 0) is 56.5 Å². The zero-order valence-electron chi connectivity index (χ0n) is 12.9. The predicted octanol–water partition coefficient (Wildman–Crippen LogP) is 3.25. The first-order valence-corrected chi connectivity index (χ1v) is 8.10. The summed E-state index contributed by atoms with van der Waals surface area (Å²) in [5.74, 6) is -0.157. The zero-order valence-corrected chi connectivity index (χ0v) is 12.9. The lowest BCUT2D eigenvalue weighted by Gasteiger charge is -2.36. The molecule has 0 amide bonds. The summed E-state index contributed by atoms with van der Waals surface area (Å²) in [6, 6.07) is 5.35. The van der Waals surface area contributed by atoms with Crippen molar-refractivity contribution in [3.05, 3.63) is 29.6 Å². The molecule has 3 nitrogen and oxygen atoms in total. The van der Waals surface area contributed by atoms with Gasteiger partial charge in [-0.25, -0.2) is 4.39 Å². The second kappa shape index (κ2) is 6.32. The predicted molar refractivity (Wildman–Crippen MR) is 83.2 cm³/mol. The van der Waals surface area contributed by atoms with Gasteiger partial charge in [0.15, 0.2) is 0 Å². The van der Waals surface area contributed by atoms with Crippen LogP contribution < -0.4 is 10.2 Å². The Hall–Kier alpha value is -1.13. The molecule has 3 unspecified atom stereocenters. The van der Waals surface area contributed by atoms with Gasteiger partial charge in [0, 0.05) is 24.8 Å². The fraction of sp³-hybridized carbons (Fsp3) is 0.647. The first-order chi connectivity index (χ1) is 10.2. The lowest BCUT2D eigenvalue weighted by Crippen LogP contribution is -2.43. The summed E-state index contributed by atoms with van der Waals surface area (Å²) in [5.41, 5.74) is 2.22. The maximum absolute atomic E-state index is 13.7. The number of ether oxygens (including phenoxy) is 1. The first-order valence-electron chi connectivity index (χ1n) is 8.10. The number of nitrogens with zero attached hydrogens (tertiary/aromatic N) is 1. The van der Waals surface area contributed by atoms with Gasteiger partial charge in [0.1, 0.15) is 5.82 Å². The van der Waals surface area contributed by atoms with E-state index in [1.807, 2.05) is 6.07 Å². The lowest BCUT2D eigenvalue weighted by atomic mass is 10.0. The molecule has 2 fully saturated rings. The average Bonchev–Trinajstić information content (AvgIpc) is 2.83. The van der Waals surface area contributed by atoms with Crippen molar-refractivity contribution >= 4 is 5.69 Å². The highest BCUT2D eigenvalue weighted by atomic mass is 19.1. The van der Waals surface area contributed by atoms with Gasteiger partial charge in [-0.15, -0.1) is 0 Å². The third-order valence-electron chi connectivity index (χ3n) is 4.54. The topological polar surface area (TPSA) is 24.5 Å². The van der Waals surface area contributed by atoms with E-state index in [1.54, 1.807) is 12.1 Å². The van der Waals surface area contributed by atoms with Crippen LogP contribution in [0.2, 0.25) is 0 Å². The molecule has 1 aromatic rings. The number of morpholine rings is 1. The quantitative estimate of drug-likeness (QED) is 0.901. The molecule has 2 aliphatic heterocycles. The van der Waals surface area contributed by atoms with Gasteiger partial charge in [-0.2, -0.15) is 0 Å². The van der Waals surface area contributed by atoms with Crippen molar-refractivity contribution in [3.63, 3.8) is 0 Å². The molecule has 21 heavy (non-hydrogen) atoms. The lowest BCUT2D eigenvalue weighted by molar-refractivity contribution is 0.0304. The van der Waals surface area contributed by atoms with E-state index in [1.165, 1.54) is 0 Å². The molecule has 0 spiro atoms. The summed E-state index contributed by atoms with van der Waals surface area (Å²) in [7, 11) is 0. The van der Waals surface area contributed by atoms with Crippen LogP contribution in [0.15, 0.2) is 18.2 Å². The molecule has 3 atom stereocenters. The minimum absolute atomic E-state index is 0.157. The highest BCUT2D eigenvalue weighted by molar-refractivity contribution is 5.56. The highest BCUT2D eigenvalue weighted by Gasteiger charge is 2.34. The van der Waals surface area contributed by atoms with Crippen molar-refractivity contribution < 1.29 is 9.13 Å². The summed E-state index contributed by atoms with van der Waals surface area (Å²) in [4.78, 5) is 2.38. The Bertz CT molecular complexity index is 482. The summed E-state index contributed by atoms with van der Waals surface area (Å²) in [6.07, 6.45) is 4.08. The van der Waals surface area contributed by atoms with Crippen LogP contribution in [0.25, 0.3) is 0 Å². The largest absolute Gasteiger partial charge is 0.371 e. The summed E-state index contributed by atoms with van der Waals surface area (Å²) in [5, 5.41) is 3.47. The van der Waals surface area contributed by atoms with Gasteiger partial charge in [0.2, 0.25) is 0 Å². The minimum atomic E-state index is -0.157. The molecule has 0 aromatic heterocycles. The SMILES string of the molecule is CCCNC(C)c1cc(F)ccc1N1CC2CCC(C1)O2. The van der Waals surface area contributed by atoms with Crippen molar-refractivity contribution in [1.82, 2.24) is 5.32 Å². The molecule has 2 bridgehead atoms. The molecular formula is C17H25FN2O. The monoisotopic (exact) mass is 292 g/mol. The van der Waals surface area contributed by atoms with Crippen LogP contribution in [-0.2, 0) is 4.74 Å². The molecular weight excluding hydrogens is 267 g/mol. The molecule has 0 aliphatic carbocycles. The van der Waals surface area contributed by atoms with Crippen molar-refractivity contribution in [2.24, 2.45) is 0 Å². The average molecular weight is 292 g/mol. The van der Waals surface area contributed by atoms with Crippen LogP contribution in [0.4, 0.5) is 10.1 Å². The molecule has 4 heteroatoms. The molecule has 2 saturated heterocycles. The molecule has 0 radical (unpaired) electrons. The van der Waals surface area contributed by atoms with Crippen LogP contribution >= 0.6 is 0 Å². The van der Waals surface area contributed by atoms with E-state index in [0.29, 0.717) is 12.2 Å². The van der Waals surface area contributed by atoms with Gasteiger partial charge in [-0.3, -0.25) is 0 Å².